The van der Waals surface area contributed by atoms with Crippen LogP contribution in [-0.2, 0) is 66.4 Å². The van der Waals surface area contributed by atoms with Gasteiger partial charge in [-0.05, 0) is 20.8 Å². The van der Waals surface area contributed by atoms with Crippen molar-refractivity contribution < 1.29 is 71.2 Å². The second-order valence-corrected chi connectivity index (χ2v) is 11.0. The standard InChI is InChI=1S/C33H63NO15/c1-6-31(35)48-30-29-47-28-27-46-26-25-45-24-23-44-22-21-43-20-19-42-18-17-41-16-15-40-14-13-39-12-11-38-10-9-37-8-7-34(5)32(36)49-33(2,3)4/h6H,1,7-30H2,2-5H3. The summed E-state index contributed by atoms with van der Waals surface area (Å²) < 4.78 is 69.9. The summed E-state index contributed by atoms with van der Waals surface area (Å²) in [6.45, 7) is 19.6. The van der Waals surface area contributed by atoms with Gasteiger partial charge in [-0.2, -0.15) is 0 Å². The molecule has 16 heteroatoms. The molecule has 0 rings (SSSR count). The first kappa shape index (κ1) is 47.0. The molecule has 0 saturated carbocycles. The molecule has 0 radical (unpaired) electrons. The van der Waals surface area contributed by atoms with Gasteiger partial charge < -0.3 is 66.5 Å². The van der Waals surface area contributed by atoms with E-state index >= 15 is 0 Å². The summed E-state index contributed by atoms with van der Waals surface area (Å²) in [6, 6.07) is 0. The molecule has 0 aromatic heterocycles. The average molecular weight is 714 g/mol. The van der Waals surface area contributed by atoms with Gasteiger partial charge in [0.2, 0.25) is 0 Å². The van der Waals surface area contributed by atoms with Gasteiger partial charge in [0.15, 0.2) is 0 Å². The molecule has 1 amide bonds. The molecule has 0 aromatic carbocycles. The zero-order chi connectivity index (χ0) is 36.1. The van der Waals surface area contributed by atoms with Crippen molar-refractivity contribution in [1.29, 1.82) is 0 Å². The van der Waals surface area contributed by atoms with E-state index in [4.69, 9.17) is 61.6 Å². The van der Waals surface area contributed by atoms with Gasteiger partial charge in [0.05, 0.1) is 145 Å². The fraction of sp³-hybridized carbons (Fsp3) is 0.879. The molecule has 49 heavy (non-hydrogen) atoms. The number of hydrogen-bond acceptors (Lipinski definition) is 15. The molecular weight excluding hydrogens is 650 g/mol. The smallest absolute Gasteiger partial charge is 0.410 e. The Morgan fingerprint density at radius 1 is 0.469 bits per heavy atom. The van der Waals surface area contributed by atoms with E-state index in [9.17, 15) is 9.59 Å². The molecule has 0 atom stereocenters. The van der Waals surface area contributed by atoms with E-state index in [0.29, 0.717) is 152 Å². The number of hydrogen-bond donors (Lipinski definition) is 0. The van der Waals surface area contributed by atoms with Crippen molar-refractivity contribution in [3.8, 4) is 0 Å². The van der Waals surface area contributed by atoms with Gasteiger partial charge in [-0.15, -0.1) is 0 Å². The quantitative estimate of drug-likeness (QED) is 0.0521. The van der Waals surface area contributed by atoms with Gasteiger partial charge in [-0.1, -0.05) is 6.58 Å². The van der Waals surface area contributed by atoms with Crippen LogP contribution < -0.4 is 0 Å². The maximum absolute atomic E-state index is 11.9. The van der Waals surface area contributed by atoms with Crippen LogP contribution in [0.3, 0.4) is 0 Å². The van der Waals surface area contributed by atoms with Crippen LogP contribution in [0.4, 0.5) is 4.79 Å². The molecule has 16 nitrogen and oxygen atoms in total. The Kier molecular flexibility index (Phi) is 34.4. The molecule has 0 bridgehead atoms. The summed E-state index contributed by atoms with van der Waals surface area (Å²) in [5, 5.41) is 0. The molecule has 290 valence electrons. The summed E-state index contributed by atoms with van der Waals surface area (Å²) >= 11 is 0. The summed E-state index contributed by atoms with van der Waals surface area (Å²) in [6.07, 6.45) is 0.743. The van der Waals surface area contributed by atoms with Crippen molar-refractivity contribution >= 4 is 12.1 Å². The first-order valence-corrected chi connectivity index (χ1v) is 16.8. The lowest BCUT2D eigenvalue weighted by Crippen LogP contribution is -2.36. The van der Waals surface area contributed by atoms with Crippen LogP contribution in [0.1, 0.15) is 20.8 Å². The number of rotatable bonds is 37. The van der Waals surface area contributed by atoms with Crippen LogP contribution in [0.5, 0.6) is 0 Å². The van der Waals surface area contributed by atoms with Crippen LogP contribution in [0, 0.1) is 0 Å². The van der Waals surface area contributed by atoms with Crippen molar-refractivity contribution in [3.05, 3.63) is 12.7 Å². The van der Waals surface area contributed by atoms with Crippen LogP contribution in [0.2, 0.25) is 0 Å². The lowest BCUT2D eigenvalue weighted by atomic mass is 10.2. The molecule has 0 unspecified atom stereocenters. The third-order valence-corrected chi connectivity index (χ3v) is 5.63. The molecule has 0 spiro atoms. The average Bonchev–Trinajstić information content (AvgIpc) is 3.07. The minimum atomic E-state index is -0.514. The Bertz CT molecular complexity index is 754. The molecule has 0 fully saturated rings. The van der Waals surface area contributed by atoms with Gasteiger partial charge in [-0.25, -0.2) is 9.59 Å². The zero-order valence-corrected chi connectivity index (χ0v) is 30.3. The summed E-state index contributed by atoms with van der Waals surface area (Å²) in [5.41, 5.74) is -0.514. The highest BCUT2D eigenvalue weighted by Gasteiger charge is 2.19. The van der Waals surface area contributed by atoms with Gasteiger partial charge in [-0.3, -0.25) is 0 Å². The molecule has 0 N–H and O–H groups in total. The number of nitrogens with zero attached hydrogens (tertiary/aromatic N) is 1. The van der Waals surface area contributed by atoms with Crippen LogP contribution in [0.25, 0.3) is 0 Å². The first-order valence-electron chi connectivity index (χ1n) is 16.8. The molecule has 0 saturated heterocycles. The summed E-state index contributed by atoms with van der Waals surface area (Å²) in [7, 11) is 1.68. The first-order chi connectivity index (χ1) is 23.8. The van der Waals surface area contributed by atoms with Crippen LogP contribution in [0.15, 0.2) is 12.7 Å². The highest BCUT2D eigenvalue weighted by Crippen LogP contribution is 2.08. The highest BCUT2D eigenvalue weighted by atomic mass is 16.6. The van der Waals surface area contributed by atoms with Gasteiger partial charge in [0.25, 0.3) is 0 Å². The van der Waals surface area contributed by atoms with Crippen LogP contribution >= 0.6 is 0 Å². The second-order valence-electron chi connectivity index (χ2n) is 11.0. The van der Waals surface area contributed by atoms with Crippen molar-refractivity contribution in [2.45, 2.75) is 26.4 Å². The third-order valence-electron chi connectivity index (χ3n) is 5.63. The normalized spacial score (nSPS) is 11.5. The lowest BCUT2D eigenvalue weighted by molar-refractivity contribution is -0.139. The van der Waals surface area contributed by atoms with E-state index in [0.717, 1.165) is 6.08 Å². The maximum Gasteiger partial charge on any atom is 0.410 e. The second kappa shape index (κ2) is 35.9. The predicted molar refractivity (Wildman–Crippen MR) is 179 cm³/mol. The molecular formula is C33H63NO15. The van der Waals surface area contributed by atoms with Gasteiger partial charge in [0.1, 0.15) is 12.2 Å². The van der Waals surface area contributed by atoms with E-state index in [1.165, 1.54) is 4.90 Å². The van der Waals surface area contributed by atoms with E-state index < -0.39 is 11.6 Å². The SMILES string of the molecule is C=CC(=O)OCCOCCOCCOCCOCCOCCOCCOCCOCCOCCOCCOCCN(C)C(=O)OC(C)(C)C. The number of ether oxygens (including phenoxy) is 13. The monoisotopic (exact) mass is 713 g/mol. The van der Waals surface area contributed by atoms with E-state index in [1.54, 1.807) is 7.05 Å². The fourth-order valence-electron chi connectivity index (χ4n) is 3.19. The zero-order valence-electron chi connectivity index (χ0n) is 30.3. The lowest BCUT2D eigenvalue weighted by Gasteiger charge is -2.24. The topological polar surface area (TPSA) is 157 Å². The summed E-state index contributed by atoms with van der Waals surface area (Å²) in [5.74, 6) is -0.463. The van der Waals surface area contributed by atoms with Crippen molar-refractivity contribution in [2.75, 3.05) is 166 Å². The maximum atomic E-state index is 11.9. The minimum absolute atomic E-state index is 0.193. The van der Waals surface area contributed by atoms with E-state index in [2.05, 4.69) is 6.58 Å². The third kappa shape index (κ3) is 38.7. The molecule has 0 aliphatic heterocycles. The number of carbonyl (C=O) groups is 2. The Morgan fingerprint density at radius 2 is 0.714 bits per heavy atom. The molecule has 0 aliphatic carbocycles. The Morgan fingerprint density at radius 3 is 0.959 bits per heavy atom. The number of amides is 1. The molecule has 0 aliphatic rings. The Hall–Kier alpha value is -1.96. The van der Waals surface area contributed by atoms with E-state index in [1.807, 2.05) is 20.8 Å². The number of likely N-dealkylation sites (N-methyl/N-ethyl adjacent to an activating group) is 1. The number of esters is 1. The number of carbonyl (C=O) groups excluding carboxylic acids is 2. The van der Waals surface area contributed by atoms with Crippen molar-refractivity contribution in [2.24, 2.45) is 0 Å². The van der Waals surface area contributed by atoms with Gasteiger partial charge >= 0.3 is 12.1 Å². The largest absolute Gasteiger partial charge is 0.460 e. The Balaban J connectivity index is 3.15. The molecule has 0 heterocycles. The Labute approximate surface area is 292 Å². The predicted octanol–water partition coefficient (Wildman–Crippen LogP) is 1.77. The summed E-state index contributed by atoms with van der Waals surface area (Å²) in [4.78, 5) is 24.2. The highest BCUT2D eigenvalue weighted by molar-refractivity contribution is 5.81. The van der Waals surface area contributed by atoms with Crippen molar-refractivity contribution in [3.63, 3.8) is 0 Å². The van der Waals surface area contributed by atoms with Crippen molar-refractivity contribution in [1.82, 2.24) is 4.90 Å². The fourth-order valence-corrected chi connectivity index (χ4v) is 3.19. The van der Waals surface area contributed by atoms with E-state index in [-0.39, 0.29) is 12.7 Å². The van der Waals surface area contributed by atoms with Gasteiger partial charge in [0, 0.05) is 19.7 Å². The molecule has 0 aromatic rings. The van der Waals surface area contributed by atoms with Crippen LogP contribution in [-0.4, -0.2) is 188 Å². The minimum Gasteiger partial charge on any atom is -0.460 e.